The fourth-order valence-electron chi connectivity index (χ4n) is 1.88. The normalized spacial score (nSPS) is 12.0. The molecule has 0 amide bonds. The average molecular weight is 312 g/mol. The third kappa shape index (κ3) is 3.30. The Bertz CT molecular complexity index is 617. The number of benzene rings is 2. The molecule has 0 aliphatic heterocycles. The van der Waals surface area contributed by atoms with Gasteiger partial charge < -0.3 is 15.2 Å². The smallest absolute Gasteiger partial charge is 0.160 e. The van der Waals surface area contributed by atoms with Crippen molar-refractivity contribution in [2.45, 2.75) is 13.0 Å². The molecule has 2 aromatic carbocycles. The van der Waals surface area contributed by atoms with Crippen LogP contribution in [0, 0.1) is 0 Å². The number of nitrogens with one attached hydrogen (secondary N) is 1. The monoisotopic (exact) mass is 311 g/mol. The van der Waals surface area contributed by atoms with Crippen molar-refractivity contribution in [2.75, 3.05) is 12.4 Å². The predicted molar refractivity (Wildman–Crippen MR) is 83.2 cm³/mol. The Morgan fingerprint density at radius 3 is 2.50 bits per heavy atom. The Morgan fingerprint density at radius 1 is 1.10 bits per heavy atom. The van der Waals surface area contributed by atoms with Gasteiger partial charge in [0.25, 0.3) is 0 Å². The highest BCUT2D eigenvalue weighted by Crippen LogP contribution is 2.31. The van der Waals surface area contributed by atoms with E-state index in [0.29, 0.717) is 15.8 Å². The van der Waals surface area contributed by atoms with Gasteiger partial charge in [-0.2, -0.15) is 0 Å². The molecule has 1 unspecified atom stereocenters. The van der Waals surface area contributed by atoms with Crippen LogP contribution in [0.1, 0.15) is 18.5 Å². The lowest BCUT2D eigenvalue weighted by atomic mass is 10.1. The number of hydrogen-bond donors (Lipinski definition) is 2. The standard InChI is InChI=1S/C15H15Cl2NO2/c1-9(10-3-6-14(19)15(7-10)20-2)18-11-4-5-12(16)13(17)8-11/h3-9,18-19H,1-2H3. The summed E-state index contributed by atoms with van der Waals surface area (Å²) in [6.45, 7) is 2.01. The zero-order valence-electron chi connectivity index (χ0n) is 11.2. The lowest BCUT2D eigenvalue weighted by Gasteiger charge is -2.17. The van der Waals surface area contributed by atoms with Gasteiger partial charge in [-0.25, -0.2) is 0 Å². The summed E-state index contributed by atoms with van der Waals surface area (Å²) in [6, 6.07) is 10.7. The van der Waals surface area contributed by atoms with Crippen molar-refractivity contribution in [3.05, 3.63) is 52.0 Å². The minimum atomic E-state index is 0.0294. The SMILES string of the molecule is COc1cc(C(C)Nc2ccc(Cl)c(Cl)c2)ccc1O. The first kappa shape index (κ1) is 14.8. The van der Waals surface area contributed by atoms with Gasteiger partial charge >= 0.3 is 0 Å². The summed E-state index contributed by atoms with van der Waals surface area (Å²) in [5.74, 6) is 0.572. The fraction of sp³-hybridized carbons (Fsp3) is 0.200. The quantitative estimate of drug-likeness (QED) is 0.845. The maximum Gasteiger partial charge on any atom is 0.160 e. The van der Waals surface area contributed by atoms with Crippen LogP contribution >= 0.6 is 23.2 Å². The van der Waals surface area contributed by atoms with Crippen LogP contribution in [0.5, 0.6) is 11.5 Å². The number of hydrogen-bond acceptors (Lipinski definition) is 3. The zero-order chi connectivity index (χ0) is 14.7. The topological polar surface area (TPSA) is 41.5 Å². The van der Waals surface area contributed by atoms with Gasteiger partial charge in [0.1, 0.15) is 0 Å². The third-order valence-electron chi connectivity index (χ3n) is 3.01. The van der Waals surface area contributed by atoms with E-state index < -0.39 is 0 Å². The van der Waals surface area contributed by atoms with Crippen molar-refractivity contribution in [1.82, 2.24) is 0 Å². The second-order valence-corrected chi connectivity index (χ2v) is 5.24. The minimum absolute atomic E-state index is 0.0294. The summed E-state index contributed by atoms with van der Waals surface area (Å²) in [5.41, 5.74) is 1.87. The van der Waals surface area contributed by atoms with E-state index in [1.165, 1.54) is 7.11 Å². The number of methoxy groups -OCH3 is 1. The highest BCUT2D eigenvalue weighted by atomic mass is 35.5. The van der Waals surface area contributed by atoms with E-state index in [4.69, 9.17) is 27.9 Å². The van der Waals surface area contributed by atoms with Crippen molar-refractivity contribution in [3.63, 3.8) is 0 Å². The summed E-state index contributed by atoms with van der Waals surface area (Å²) in [7, 11) is 1.52. The van der Waals surface area contributed by atoms with Crippen LogP contribution in [0.2, 0.25) is 10.0 Å². The molecule has 0 bridgehead atoms. The van der Waals surface area contributed by atoms with Crippen LogP contribution in [-0.4, -0.2) is 12.2 Å². The van der Waals surface area contributed by atoms with Crippen molar-refractivity contribution >= 4 is 28.9 Å². The number of ether oxygens (including phenoxy) is 1. The first-order valence-corrected chi connectivity index (χ1v) is 6.85. The molecule has 3 nitrogen and oxygen atoms in total. The summed E-state index contributed by atoms with van der Waals surface area (Å²) in [4.78, 5) is 0. The van der Waals surface area contributed by atoms with Crippen LogP contribution < -0.4 is 10.1 Å². The first-order valence-electron chi connectivity index (χ1n) is 6.09. The van der Waals surface area contributed by atoms with E-state index in [1.807, 2.05) is 19.1 Å². The zero-order valence-corrected chi connectivity index (χ0v) is 12.7. The van der Waals surface area contributed by atoms with Gasteiger partial charge in [-0.3, -0.25) is 0 Å². The number of phenolic OH excluding ortho intramolecular Hbond substituents is 1. The van der Waals surface area contributed by atoms with Gasteiger partial charge in [0.05, 0.1) is 17.2 Å². The van der Waals surface area contributed by atoms with Gasteiger partial charge in [0.15, 0.2) is 11.5 Å². The molecule has 0 radical (unpaired) electrons. The maximum atomic E-state index is 9.60. The number of phenols is 1. The van der Waals surface area contributed by atoms with E-state index in [0.717, 1.165) is 11.3 Å². The van der Waals surface area contributed by atoms with E-state index in [2.05, 4.69) is 5.32 Å². The molecule has 0 saturated heterocycles. The molecule has 20 heavy (non-hydrogen) atoms. The minimum Gasteiger partial charge on any atom is -0.504 e. The van der Waals surface area contributed by atoms with Gasteiger partial charge in [-0.15, -0.1) is 0 Å². The molecule has 1 atom stereocenters. The fourth-order valence-corrected chi connectivity index (χ4v) is 2.18. The van der Waals surface area contributed by atoms with Crippen LogP contribution in [0.3, 0.4) is 0 Å². The highest BCUT2D eigenvalue weighted by Gasteiger charge is 2.10. The number of aromatic hydroxyl groups is 1. The number of rotatable bonds is 4. The Balaban J connectivity index is 2.19. The largest absolute Gasteiger partial charge is 0.504 e. The molecule has 0 aliphatic carbocycles. The van der Waals surface area contributed by atoms with E-state index in [-0.39, 0.29) is 11.8 Å². The third-order valence-corrected chi connectivity index (χ3v) is 3.75. The molecule has 2 N–H and O–H groups in total. The van der Waals surface area contributed by atoms with Gasteiger partial charge in [0, 0.05) is 11.7 Å². The molecule has 2 aromatic rings. The molecule has 0 saturated carbocycles. The Hall–Kier alpha value is -1.58. The van der Waals surface area contributed by atoms with E-state index in [1.54, 1.807) is 24.3 Å². The summed E-state index contributed by atoms with van der Waals surface area (Å²) < 4.78 is 5.10. The van der Waals surface area contributed by atoms with Crippen LogP contribution in [0.15, 0.2) is 36.4 Å². The molecule has 0 heterocycles. The van der Waals surface area contributed by atoms with Gasteiger partial charge in [0.2, 0.25) is 0 Å². The van der Waals surface area contributed by atoms with Crippen molar-refractivity contribution < 1.29 is 9.84 Å². The molecule has 0 aromatic heterocycles. The first-order chi connectivity index (χ1) is 9.51. The van der Waals surface area contributed by atoms with E-state index >= 15 is 0 Å². The van der Waals surface area contributed by atoms with Crippen molar-refractivity contribution in [3.8, 4) is 11.5 Å². The highest BCUT2D eigenvalue weighted by molar-refractivity contribution is 6.42. The van der Waals surface area contributed by atoms with Gasteiger partial charge in [-0.1, -0.05) is 29.3 Å². The number of anilines is 1. The molecule has 0 spiro atoms. The second-order valence-electron chi connectivity index (χ2n) is 4.43. The van der Waals surface area contributed by atoms with Crippen LogP contribution in [0.25, 0.3) is 0 Å². The van der Waals surface area contributed by atoms with E-state index in [9.17, 15) is 5.11 Å². The number of halogens is 2. The Labute approximate surface area is 128 Å². The molecule has 2 rings (SSSR count). The Kier molecular flexibility index (Phi) is 4.63. The lowest BCUT2D eigenvalue weighted by Crippen LogP contribution is -2.06. The van der Waals surface area contributed by atoms with Crippen molar-refractivity contribution in [1.29, 1.82) is 0 Å². The molecule has 5 heteroatoms. The lowest BCUT2D eigenvalue weighted by molar-refractivity contribution is 0.373. The predicted octanol–water partition coefficient (Wildman–Crippen LogP) is 4.88. The molecular formula is C15H15Cl2NO2. The summed E-state index contributed by atoms with van der Waals surface area (Å²) >= 11 is 11.9. The molecule has 0 fully saturated rings. The Morgan fingerprint density at radius 2 is 1.85 bits per heavy atom. The van der Waals surface area contributed by atoms with Crippen molar-refractivity contribution in [2.24, 2.45) is 0 Å². The molecule has 0 aliphatic rings. The molecular weight excluding hydrogens is 297 g/mol. The molecule has 106 valence electrons. The average Bonchev–Trinajstić information content (AvgIpc) is 2.43. The maximum absolute atomic E-state index is 9.60. The summed E-state index contributed by atoms with van der Waals surface area (Å²) in [5, 5.41) is 13.9. The summed E-state index contributed by atoms with van der Waals surface area (Å²) in [6.07, 6.45) is 0. The van der Waals surface area contributed by atoms with Crippen LogP contribution in [-0.2, 0) is 0 Å². The van der Waals surface area contributed by atoms with Gasteiger partial charge in [-0.05, 0) is 42.8 Å². The van der Waals surface area contributed by atoms with Crippen LogP contribution in [0.4, 0.5) is 5.69 Å². The second kappa shape index (κ2) is 6.25.